The van der Waals surface area contributed by atoms with Crippen LogP contribution < -0.4 is 10.4 Å². The molecule has 0 amide bonds. The van der Waals surface area contributed by atoms with Crippen molar-refractivity contribution < 1.29 is 20.9 Å². The summed E-state index contributed by atoms with van der Waals surface area (Å²) in [6, 6.07) is 1.53. The third-order valence-electron chi connectivity index (χ3n) is 2.64. The van der Waals surface area contributed by atoms with Gasteiger partial charge in [-0.15, -0.1) is 11.4 Å². The van der Waals surface area contributed by atoms with Crippen LogP contribution in [-0.2, 0) is 15.9 Å². The molecule has 0 aliphatic carbocycles. The van der Waals surface area contributed by atoms with Crippen molar-refractivity contribution in [2.75, 3.05) is 0 Å². The molecule has 0 N–H and O–H groups in total. The van der Waals surface area contributed by atoms with Crippen molar-refractivity contribution in [1.29, 1.82) is 0 Å². The minimum absolute atomic E-state index is 0.0635. The Morgan fingerprint density at radius 2 is 1.70 bits per heavy atom. The van der Waals surface area contributed by atoms with Gasteiger partial charge in [0.05, 0.1) is 4.92 Å². The quantitative estimate of drug-likeness (QED) is 0.409. The molecule has 2 aliphatic heterocycles. The van der Waals surface area contributed by atoms with Crippen LogP contribution in [0.25, 0.3) is 22.8 Å². The molecular weight excluding hydrogens is 395 g/mol. The Bertz CT molecular complexity index is 716. The Kier molecular flexibility index (Phi) is 5.21. The van der Waals surface area contributed by atoms with Crippen molar-refractivity contribution in [1.82, 2.24) is 0 Å². The number of hydrogen-bond acceptors (Lipinski definition) is 2. The van der Waals surface area contributed by atoms with Gasteiger partial charge in [-0.2, -0.15) is 12.4 Å². The molecule has 0 radical (unpaired) electrons. The van der Waals surface area contributed by atoms with E-state index in [-0.39, 0.29) is 21.6 Å². The number of fused-ring (bicyclic) bond motifs is 3. The van der Waals surface area contributed by atoms with Crippen LogP contribution in [-0.4, -0.2) is 4.92 Å². The predicted octanol–water partition coefficient (Wildman–Crippen LogP) is 3.60. The van der Waals surface area contributed by atoms with Crippen LogP contribution in [0.1, 0.15) is 0 Å². The molecule has 0 fully saturated rings. The summed E-state index contributed by atoms with van der Waals surface area (Å²) in [6.45, 7) is 0. The summed E-state index contributed by atoms with van der Waals surface area (Å²) in [5.41, 5.74) is 1.32. The molecule has 2 aliphatic rings. The van der Waals surface area contributed by atoms with Gasteiger partial charge in [0.25, 0.3) is 5.69 Å². The molecule has 0 bridgehead atoms. The zero-order valence-electron chi connectivity index (χ0n) is 9.77. The molecule has 1 aromatic carbocycles. The molecule has 0 unspecified atom stereocenters. The monoisotopic (exact) mass is 401 g/mol. The van der Waals surface area contributed by atoms with Gasteiger partial charge < -0.3 is 10.6 Å². The molecular formula is C12H7Cl2N3O2Pd-2. The van der Waals surface area contributed by atoms with Gasteiger partial charge >= 0.3 is 35.0 Å². The standard InChI is InChI=1S/C12H7N3O2.2ClH.Pd/c16-15(17)10-7-8-3-1-5-13-11(8)12-9(10)4-2-6-14-12;;;/h1-7H;2*1H;/q-2;;;+2/p-2. The number of nitro groups is 1. The second-order valence-corrected chi connectivity index (χ2v) is 6.03. The van der Waals surface area contributed by atoms with E-state index < -0.39 is 4.92 Å². The van der Waals surface area contributed by atoms with E-state index in [1.807, 2.05) is 0 Å². The van der Waals surface area contributed by atoms with Gasteiger partial charge in [0.1, 0.15) is 0 Å². The van der Waals surface area contributed by atoms with Crippen molar-refractivity contribution in [2.24, 2.45) is 0 Å². The normalized spacial score (nSPS) is 13.5. The number of nitrogens with zero attached hydrogens (tertiary/aromatic N) is 3. The third-order valence-corrected chi connectivity index (χ3v) is 2.64. The fourth-order valence-electron chi connectivity index (χ4n) is 1.91. The summed E-state index contributed by atoms with van der Waals surface area (Å²) < 4.78 is 0. The molecule has 0 aromatic heterocycles. The van der Waals surface area contributed by atoms with Crippen molar-refractivity contribution >= 4 is 48.3 Å². The number of rotatable bonds is 1. The second kappa shape index (κ2) is 6.91. The van der Waals surface area contributed by atoms with Crippen LogP contribution in [0.5, 0.6) is 0 Å². The van der Waals surface area contributed by atoms with Gasteiger partial charge in [0, 0.05) is 11.3 Å². The van der Waals surface area contributed by atoms with Crippen LogP contribution in [0.15, 0.2) is 30.6 Å². The number of nitro benzene ring substituents is 1. The molecule has 8 heteroatoms. The van der Waals surface area contributed by atoms with Gasteiger partial charge in [-0.25, -0.2) is 0 Å². The van der Waals surface area contributed by atoms with Crippen molar-refractivity contribution in [3.8, 4) is 0 Å². The van der Waals surface area contributed by atoms with E-state index in [0.29, 0.717) is 16.6 Å². The Balaban J connectivity index is 0.000000452. The molecule has 0 spiro atoms. The number of hydrogen-bond donors (Lipinski definition) is 0. The van der Waals surface area contributed by atoms with Gasteiger partial charge in [-0.1, -0.05) is 24.3 Å². The van der Waals surface area contributed by atoms with Crippen molar-refractivity contribution in [3.63, 3.8) is 0 Å². The second-order valence-electron chi connectivity index (χ2n) is 3.67. The fourth-order valence-corrected chi connectivity index (χ4v) is 1.91. The Hall–Kier alpha value is -1.32. The Morgan fingerprint density at radius 1 is 1.10 bits per heavy atom. The molecule has 0 atom stereocenters. The summed E-state index contributed by atoms with van der Waals surface area (Å²) in [5, 5.41) is 20.7. The first-order chi connectivity index (χ1) is 9.69. The molecule has 3 rings (SSSR count). The molecule has 5 nitrogen and oxygen atoms in total. The van der Waals surface area contributed by atoms with E-state index in [9.17, 15) is 10.1 Å². The van der Waals surface area contributed by atoms with E-state index in [0.717, 1.165) is 5.22 Å². The number of benzene rings is 1. The van der Waals surface area contributed by atoms with Gasteiger partial charge in [-0.3, -0.25) is 10.1 Å². The Labute approximate surface area is 130 Å². The summed E-state index contributed by atoms with van der Waals surface area (Å²) in [7, 11) is 9.63. The van der Waals surface area contributed by atoms with Gasteiger partial charge in [0.2, 0.25) is 0 Å². The first kappa shape index (κ1) is 15.1. The Morgan fingerprint density at radius 3 is 2.35 bits per heavy atom. The predicted molar refractivity (Wildman–Crippen MR) is 77.3 cm³/mol. The first-order valence-electron chi connectivity index (χ1n) is 5.28. The van der Waals surface area contributed by atoms with Crippen LogP contribution in [0.3, 0.4) is 0 Å². The fraction of sp³-hybridized carbons (Fsp3) is 0. The minimum atomic E-state index is -0.392. The maximum atomic E-state index is 11.0. The van der Waals surface area contributed by atoms with Crippen LogP contribution >= 0.6 is 19.1 Å². The number of halogens is 2. The van der Waals surface area contributed by atoms with Crippen molar-refractivity contribution in [2.45, 2.75) is 0 Å². The molecule has 0 saturated heterocycles. The van der Waals surface area contributed by atoms with Crippen LogP contribution in [0.4, 0.5) is 17.1 Å². The van der Waals surface area contributed by atoms with E-state index in [1.54, 1.807) is 36.7 Å². The van der Waals surface area contributed by atoms with E-state index in [2.05, 4.69) is 10.6 Å². The molecule has 20 heavy (non-hydrogen) atoms. The molecule has 0 saturated carbocycles. The topological polar surface area (TPSA) is 71.3 Å². The molecule has 108 valence electrons. The van der Waals surface area contributed by atoms with Crippen molar-refractivity contribution in [3.05, 3.63) is 61.8 Å². The first-order valence-corrected chi connectivity index (χ1v) is 9.28. The van der Waals surface area contributed by atoms with E-state index in [4.69, 9.17) is 19.1 Å². The summed E-state index contributed by atoms with van der Waals surface area (Å²) in [6.07, 6.45) is 10.2. The zero-order chi connectivity index (χ0) is 14.5. The van der Waals surface area contributed by atoms with Gasteiger partial charge in [-0.05, 0) is 5.22 Å². The van der Waals surface area contributed by atoms with E-state index in [1.165, 1.54) is 6.07 Å². The molecule has 2 heterocycles. The van der Waals surface area contributed by atoms with Gasteiger partial charge in [0.15, 0.2) is 0 Å². The van der Waals surface area contributed by atoms with E-state index >= 15 is 0 Å². The average Bonchev–Trinajstić information content (AvgIpc) is 2.47. The number of allylic oxidation sites excluding steroid dienone is 2. The summed E-state index contributed by atoms with van der Waals surface area (Å²) in [4.78, 5) is 10.6. The zero-order valence-corrected chi connectivity index (χ0v) is 12.8. The average molecular weight is 403 g/mol. The SMILES string of the molecule is O=[N+]([O-])c1cc2c(c3c1=CC=C[N-]3)[N-]C=CC=2.[Cl][Pd][Cl]. The number of non-ortho nitro benzene ring substituents is 1. The van der Waals surface area contributed by atoms with Crippen LogP contribution in [0.2, 0.25) is 0 Å². The van der Waals surface area contributed by atoms with Crippen LogP contribution in [0, 0.1) is 10.1 Å². The third kappa shape index (κ3) is 3.05. The summed E-state index contributed by atoms with van der Waals surface area (Å²) >= 11 is -0.106. The summed E-state index contributed by atoms with van der Waals surface area (Å²) in [5.74, 6) is 0. The molecule has 1 aromatic rings. The maximum absolute atomic E-state index is 11.0.